The zero-order chi connectivity index (χ0) is 22.7. The van der Waals surface area contributed by atoms with Crippen molar-refractivity contribution in [1.82, 2.24) is 15.0 Å². The van der Waals surface area contributed by atoms with E-state index in [9.17, 15) is 29.7 Å². The molecule has 1 radical (unpaired) electrons. The number of carboxylic acids is 3. The van der Waals surface area contributed by atoms with E-state index in [-0.39, 0.29) is 36.2 Å². The van der Waals surface area contributed by atoms with Crippen LogP contribution in [0, 0.1) is 20.8 Å². The van der Waals surface area contributed by atoms with Crippen LogP contribution < -0.4 is 15.3 Å². The number of aromatic nitrogens is 3. The van der Waals surface area contributed by atoms with Gasteiger partial charge in [-0.3, -0.25) is 15.0 Å². The van der Waals surface area contributed by atoms with Gasteiger partial charge in [-0.1, -0.05) is 0 Å². The van der Waals surface area contributed by atoms with Gasteiger partial charge < -0.3 is 29.7 Å². The molecule has 0 fully saturated rings. The number of hydrogen-bond donors (Lipinski definition) is 0. The van der Waals surface area contributed by atoms with Gasteiger partial charge in [-0.05, 0) is 55.7 Å². The van der Waals surface area contributed by atoms with Gasteiger partial charge in [0, 0.05) is 53.9 Å². The van der Waals surface area contributed by atoms with Crippen molar-refractivity contribution in [3.05, 3.63) is 88.8 Å². The van der Waals surface area contributed by atoms with E-state index in [1.807, 2.05) is 0 Å². The van der Waals surface area contributed by atoms with E-state index in [2.05, 4.69) is 15.0 Å². The molecule has 0 aliphatic rings. The Kier molecular flexibility index (Phi) is 12.1. The van der Waals surface area contributed by atoms with E-state index in [0.29, 0.717) is 0 Å². The van der Waals surface area contributed by atoms with Crippen LogP contribution in [0.15, 0.2) is 55.4 Å². The number of carboxylic acid groups (broad SMARTS) is 3. The molecule has 0 saturated heterocycles. The smallest absolute Gasteiger partial charge is 0.545 e. The van der Waals surface area contributed by atoms with Crippen molar-refractivity contribution in [1.29, 1.82) is 0 Å². The monoisotopic (exact) mass is 510 g/mol. The summed E-state index contributed by atoms with van der Waals surface area (Å²) in [6.07, 6.45) is 8.57. The summed E-state index contributed by atoms with van der Waals surface area (Å²) in [6, 6.07) is 4.55. The molecule has 31 heavy (non-hydrogen) atoms. The third kappa shape index (κ3) is 10.7. The minimum Gasteiger partial charge on any atom is -0.545 e. The summed E-state index contributed by atoms with van der Waals surface area (Å²) in [5, 5.41) is 30.6. The second-order valence-corrected chi connectivity index (χ2v) is 6.12. The van der Waals surface area contributed by atoms with Crippen molar-refractivity contribution < 1.29 is 49.2 Å². The van der Waals surface area contributed by atoms with Crippen molar-refractivity contribution in [2.24, 2.45) is 0 Å². The van der Waals surface area contributed by atoms with Crippen LogP contribution in [0.25, 0.3) is 0 Å². The average molecular weight is 509 g/mol. The third-order valence-electron chi connectivity index (χ3n) is 3.33. The van der Waals surface area contributed by atoms with E-state index in [4.69, 9.17) is 0 Å². The molecule has 161 valence electrons. The summed E-state index contributed by atoms with van der Waals surface area (Å²) >= 11 is 0. The molecule has 0 aromatic carbocycles. The fourth-order valence-corrected chi connectivity index (χ4v) is 2.00. The predicted molar refractivity (Wildman–Crippen MR) is 99.9 cm³/mol. The van der Waals surface area contributed by atoms with Gasteiger partial charge in [-0.15, -0.1) is 0 Å². The number of carbonyl (C=O) groups excluding carboxylic acids is 3. The Morgan fingerprint density at radius 3 is 0.903 bits per heavy atom. The van der Waals surface area contributed by atoms with Gasteiger partial charge in [-0.25, -0.2) is 0 Å². The van der Waals surface area contributed by atoms with E-state index >= 15 is 0 Å². The Hall–Kier alpha value is -3.52. The van der Waals surface area contributed by atoms with Crippen molar-refractivity contribution in [2.75, 3.05) is 0 Å². The van der Waals surface area contributed by atoms with Crippen LogP contribution in [0.3, 0.4) is 0 Å². The van der Waals surface area contributed by atoms with Crippen molar-refractivity contribution >= 4 is 17.9 Å². The molecule has 10 heteroatoms. The van der Waals surface area contributed by atoms with Crippen molar-refractivity contribution in [2.45, 2.75) is 20.8 Å². The molecular formula is C21H18N3O6Ru. The van der Waals surface area contributed by atoms with Gasteiger partial charge in [0.15, 0.2) is 0 Å². The standard InChI is InChI=1S/3C7H7NO2.Ru/c3*1-5-2-6(7(9)10)4-8-3-5;/h3*2-4H,1H3,(H,9,10);/q;;;+3/p-3. The summed E-state index contributed by atoms with van der Waals surface area (Å²) < 4.78 is 0. The fraction of sp³-hybridized carbons (Fsp3) is 0.143. The second-order valence-electron chi connectivity index (χ2n) is 6.12. The number of aromatic carboxylic acids is 3. The van der Waals surface area contributed by atoms with Crippen LogP contribution in [0.5, 0.6) is 0 Å². The molecule has 0 amide bonds. The van der Waals surface area contributed by atoms with Crippen LogP contribution in [0.1, 0.15) is 47.8 Å². The first-order valence-electron chi connectivity index (χ1n) is 8.49. The first-order chi connectivity index (χ1) is 14.1. The molecule has 0 saturated carbocycles. The molecule has 0 spiro atoms. The Labute approximate surface area is 191 Å². The number of hydrogen-bond acceptors (Lipinski definition) is 9. The third-order valence-corrected chi connectivity index (χ3v) is 3.33. The number of rotatable bonds is 3. The number of aryl methyl sites for hydroxylation is 3. The van der Waals surface area contributed by atoms with Gasteiger partial charge in [-0.2, -0.15) is 0 Å². The summed E-state index contributed by atoms with van der Waals surface area (Å²) in [5.74, 6) is -3.55. The second kappa shape index (κ2) is 13.7. The molecular weight excluding hydrogens is 491 g/mol. The molecule has 0 aliphatic heterocycles. The molecule has 0 unspecified atom stereocenters. The minimum absolute atomic E-state index is 0. The van der Waals surface area contributed by atoms with Crippen molar-refractivity contribution in [3.63, 3.8) is 0 Å². The SMILES string of the molecule is Cc1cncc(C(=O)[O-])c1.Cc1cncc(C(=O)[O-])c1.Cc1cncc(C(=O)[O-])c1.[Ru+3]. The Balaban J connectivity index is 0.000000429. The summed E-state index contributed by atoms with van der Waals surface area (Å²) in [6.45, 7) is 5.33. The molecule has 0 bridgehead atoms. The molecule has 0 aliphatic carbocycles. The predicted octanol–water partition coefficient (Wildman–Crippen LogP) is -0.742. The Morgan fingerprint density at radius 2 is 0.774 bits per heavy atom. The number of carbonyl (C=O) groups is 3. The maximum absolute atomic E-state index is 10.2. The van der Waals surface area contributed by atoms with Gasteiger partial charge in [0.05, 0.1) is 17.9 Å². The Morgan fingerprint density at radius 1 is 0.548 bits per heavy atom. The van der Waals surface area contributed by atoms with Crippen LogP contribution in [0.4, 0.5) is 0 Å². The molecule has 9 nitrogen and oxygen atoms in total. The summed E-state index contributed by atoms with van der Waals surface area (Å²) in [4.78, 5) is 41.7. The average Bonchev–Trinajstić information content (AvgIpc) is 2.69. The van der Waals surface area contributed by atoms with Gasteiger partial charge in [0.1, 0.15) is 0 Å². The number of pyridine rings is 3. The first-order valence-corrected chi connectivity index (χ1v) is 8.49. The topological polar surface area (TPSA) is 159 Å². The molecule has 3 aromatic rings. The largest absolute Gasteiger partial charge is 3.00 e. The molecule has 0 atom stereocenters. The van der Waals surface area contributed by atoms with Gasteiger partial charge in [0.2, 0.25) is 0 Å². The normalized spacial score (nSPS) is 9.00. The van der Waals surface area contributed by atoms with Gasteiger partial charge >= 0.3 is 19.5 Å². The molecule has 3 aromatic heterocycles. The first kappa shape index (κ1) is 27.5. The van der Waals surface area contributed by atoms with Crippen LogP contribution in [-0.2, 0) is 19.5 Å². The van der Waals surface area contributed by atoms with E-state index < -0.39 is 17.9 Å². The maximum atomic E-state index is 10.2. The maximum Gasteiger partial charge on any atom is 3.00 e. The van der Waals surface area contributed by atoms with Crippen LogP contribution in [-0.4, -0.2) is 32.9 Å². The van der Waals surface area contributed by atoms with E-state index in [1.165, 1.54) is 36.8 Å². The van der Waals surface area contributed by atoms with Gasteiger partial charge in [0.25, 0.3) is 0 Å². The Bertz CT molecular complexity index is 911. The summed E-state index contributed by atoms with van der Waals surface area (Å²) in [7, 11) is 0. The number of nitrogens with zero attached hydrogens (tertiary/aromatic N) is 3. The molecule has 3 heterocycles. The van der Waals surface area contributed by atoms with Crippen LogP contribution in [0.2, 0.25) is 0 Å². The molecule has 0 N–H and O–H groups in total. The van der Waals surface area contributed by atoms with Crippen LogP contribution >= 0.6 is 0 Å². The zero-order valence-electron chi connectivity index (χ0n) is 16.8. The van der Waals surface area contributed by atoms with Crippen molar-refractivity contribution in [3.8, 4) is 0 Å². The minimum atomic E-state index is -1.18. The fourth-order valence-electron chi connectivity index (χ4n) is 2.00. The van der Waals surface area contributed by atoms with E-state index in [0.717, 1.165) is 16.7 Å². The zero-order valence-corrected chi connectivity index (χ0v) is 18.6. The summed E-state index contributed by atoms with van der Waals surface area (Å²) in [5.41, 5.74) is 2.84. The van der Waals surface area contributed by atoms with E-state index in [1.54, 1.807) is 39.4 Å². The quantitative estimate of drug-likeness (QED) is 0.414. The molecule has 3 rings (SSSR count).